The first kappa shape index (κ1) is 12.4. The minimum Gasteiger partial charge on any atom is -0.476 e. The molecule has 1 aliphatic carbocycles. The highest BCUT2D eigenvalue weighted by molar-refractivity contribution is 7.99. The predicted molar refractivity (Wildman–Crippen MR) is 77.4 cm³/mol. The molecule has 0 amide bonds. The van der Waals surface area contributed by atoms with E-state index in [0.717, 1.165) is 16.5 Å². The first-order valence-electron chi connectivity index (χ1n) is 6.43. The van der Waals surface area contributed by atoms with Gasteiger partial charge in [-0.1, -0.05) is 30.0 Å². The monoisotopic (exact) mass is 272 g/mol. The first-order valence-corrected chi connectivity index (χ1v) is 7.25. The van der Waals surface area contributed by atoms with Gasteiger partial charge in [0, 0.05) is 4.90 Å². The topological polar surface area (TPSA) is 48.1 Å². The summed E-state index contributed by atoms with van der Waals surface area (Å²) in [5.41, 5.74) is 6.50. The molecule has 0 bridgehead atoms. The van der Waals surface area contributed by atoms with Gasteiger partial charge in [0.25, 0.3) is 0 Å². The molecule has 2 N–H and O–H groups in total. The van der Waals surface area contributed by atoms with Crippen LogP contribution in [0.25, 0.3) is 0 Å². The lowest BCUT2D eigenvalue weighted by atomic mass is 10.4. The molecule has 1 heterocycles. The third-order valence-corrected chi connectivity index (χ3v) is 3.93. The van der Waals surface area contributed by atoms with Gasteiger partial charge in [-0.2, -0.15) is 0 Å². The minimum atomic E-state index is 0.563. The molecule has 1 aliphatic rings. The van der Waals surface area contributed by atoms with E-state index >= 15 is 0 Å². The highest BCUT2D eigenvalue weighted by Crippen LogP contribution is 2.32. The summed E-state index contributed by atoms with van der Waals surface area (Å²) >= 11 is 1.61. The van der Waals surface area contributed by atoms with E-state index in [1.54, 1.807) is 11.8 Å². The van der Waals surface area contributed by atoms with Crippen LogP contribution in [0.3, 0.4) is 0 Å². The lowest BCUT2D eigenvalue weighted by Gasteiger charge is -2.09. The van der Waals surface area contributed by atoms with Crippen molar-refractivity contribution >= 4 is 17.4 Å². The van der Waals surface area contributed by atoms with E-state index in [-0.39, 0.29) is 0 Å². The smallest absolute Gasteiger partial charge is 0.238 e. The van der Waals surface area contributed by atoms with Gasteiger partial charge in [-0.25, -0.2) is 4.98 Å². The quantitative estimate of drug-likeness (QED) is 0.903. The zero-order valence-corrected chi connectivity index (χ0v) is 11.4. The molecule has 19 heavy (non-hydrogen) atoms. The molecule has 0 unspecified atom stereocenters. The van der Waals surface area contributed by atoms with Crippen LogP contribution >= 0.6 is 11.8 Å². The predicted octanol–water partition coefficient (Wildman–Crippen LogP) is 3.60. The minimum absolute atomic E-state index is 0.563. The summed E-state index contributed by atoms with van der Waals surface area (Å²) in [5.74, 6) is 1.26. The van der Waals surface area contributed by atoms with Gasteiger partial charge in [-0.05, 0) is 43.0 Å². The third kappa shape index (κ3) is 3.41. The average molecular weight is 272 g/mol. The number of anilines is 1. The fraction of sp³-hybridized carbons (Fsp3) is 0.267. The average Bonchev–Trinajstić information content (AvgIpc) is 3.25. The SMILES string of the molecule is Nc1ccc(Sc2ccccc2)nc1OCC1CC1. The number of pyridine rings is 1. The van der Waals surface area contributed by atoms with Crippen LogP contribution < -0.4 is 10.5 Å². The standard InChI is InChI=1S/C15H16N2OS/c16-13-8-9-14(19-12-4-2-1-3-5-12)17-15(13)18-10-11-6-7-11/h1-5,8-9,11H,6-7,10,16H2. The lowest BCUT2D eigenvalue weighted by molar-refractivity contribution is 0.288. The Kier molecular flexibility index (Phi) is 3.60. The second-order valence-corrected chi connectivity index (χ2v) is 5.81. The van der Waals surface area contributed by atoms with E-state index in [9.17, 15) is 0 Å². The Morgan fingerprint density at radius 2 is 1.95 bits per heavy atom. The van der Waals surface area contributed by atoms with Crippen LogP contribution in [0.15, 0.2) is 52.4 Å². The molecule has 0 radical (unpaired) electrons. The number of hydrogen-bond donors (Lipinski definition) is 1. The van der Waals surface area contributed by atoms with E-state index in [4.69, 9.17) is 10.5 Å². The van der Waals surface area contributed by atoms with Gasteiger partial charge in [-0.15, -0.1) is 0 Å². The van der Waals surface area contributed by atoms with Crippen molar-refractivity contribution < 1.29 is 4.74 Å². The fourth-order valence-electron chi connectivity index (χ4n) is 1.70. The number of nitrogens with two attached hydrogens (primary N) is 1. The Bertz CT molecular complexity index is 555. The summed E-state index contributed by atoms with van der Waals surface area (Å²) in [6.07, 6.45) is 2.52. The summed E-state index contributed by atoms with van der Waals surface area (Å²) < 4.78 is 5.69. The Hall–Kier alpha value is -1.68. The number of benzene rings is 1. The Morgan fingerprint density at radius 1 is 1.16 bits per heavy atom. The third-order valence-electron chi connectivity index (χ3n) is 2.98. The summed E-state index contributed by atoms with van der Waals surface area (Å²) in [4.78, 5) is 5.64. The van der Waals surface area contributed by atoms with Gasteiger partial charge in [0.05, 0.1) is 12.3 Å². The first-order chi connectivity index (χ1) is 9.31. The van der Waals surface area contributed by atoms with Crippen LogP contribution in [0.5, 0.6) is 5.88 Å². The van der Waals surface area contributed by atoms with Crippen LogP contribution in [-0.2, 0) is 0 Å². The van der Waals surface area contributed by atoms with E-state index in [1.165, 1.54) is 12.8 Å². The van der Waals surface area contributed by atoms with Gasteiger partial charge in [0.2, 0.25) is 5.88 Å². The molecule has 3 nitrogen and oxygen atoms in total. The largest absolute Gasteiger partial charge is 0.476 e. The number of rotatable bonds is 5. The second kappa shape index (κ2) is 5.53. The van der Waals surface area contributed by atoms with Crippen LogP contribution in [0.1, 0.15) is 12.8 Å². The normalized spacial score (nSPS) is 14.3. The number of aromatic nitrogens is 1. The van der Waals surface area contributed by atoms with Crippen molar-refractivity contribution in [2.45, 2.75) is 22.8 Å². The molecule has 0 atom stereocenters. The number of nitrogens with zero attached hydrogens (tertiary/aromatic N) is 1. The molecule has 98 valence electrons. The van der Waals surface area contributed by atoms with Crippen LogP contribution in [0.2, 0.25) is 0 Å². The van der Waals surface area contributed by atoms with E-state index in [1.807, 2.05) is 30.3 Å². The summed E-state index contributed by atoms with van der Waals surface area (Å²) in [5, 5.41) is 0.909. The van der Waals surface area contributed by atoms with Crippen molar-refractivity contribution in [3.8, 4) is 5.88 Å². The Morgan fingerprint density at radius 3 is 2.68 bits per heavy atom. The van der Waals surface area contributed by atoms with Gasteiger partial charge in [-0.3, -0.25) is 0 Å². The Balaban J connectivity index is 1.72. The molecule has 2 aromatic rings. The summed E-state index contributed by atoms with van der Waals surface area (Å²) in [7, 11) is 0. The Labute approximate surface area is 117 Å². The van der Waals surface area contributed by atoms with Crippen molar-refractivity contribution in [3.63, 3.8) is 0 Å². The second-order valence-electron chi connectivity index (χ2n) is 4.71. The molecule has 4 heteroatoms. The summed E-state index contributed by atoms with van der Waals surface area (Å²) in [6.45, 7) is 0.733. The highest BCUT2D eigenvalue weighted by atomic mass is 32.2. The number of hydrogen-bond acceptors (Lipinski definition) is 4. The molecule has 1 fully saturated rings. The van der Waals surface area contributed by atoms with Crippen molar-refractivity contribution in [1.29, 1.82) is 0 Å². The van der Waals surface area contributed by atoms with E-state index < -0.39 is 0 Å². The number of nitrogen functional groups attached to an aromatic ring is 1. The maximum Gasteiger partial charge on any atom is 0.238 e. The van der Waals surface area contributed by atoms with E-state index in [2.05, 4.69) is 17.1 Å². The van der Waals surface area contributed by atoms with Gasteiger partial charge in [0.15, 0.2) is 0 Å². The molecule has 0 saturated heterocycles. The maximum atomic E-state index is 5.89. The van der Waals surface area contributed by atoms with Gasteiger partial charge >= 0.3 is 0 Å². The molecular formula is C15H16N2OS. The molecule has 1 aromatic carbocycles. The van der Waals surface area contributed by atoms with Crippen molar-refractivity contribution in [3.05, 3.63) is 42.5 Å². The molecule has 0 spiro atoms. The molecule has 1 saturated carbocycles. The molecule has 3 rings (SSSR count). The van der Waals surface area contributed by atoms with Crippen molar-refractivity contribution in [1.82, 2.24) is 4.98 Å². The van der Waals surface area contributed by atoms with Crippen LogP contribution in [0, 0.1) is 5.92 Å². The fourth-order valence-corrected chi connectivity index (χ4v) is 2.50. The summed E-state index contributed by atoms with van der Waals surface area (Å²) in [6, 6.07) is 14.0. The zero-order valence-electron chi connectivity index (χ0n) is 10.6. The molecular weight excluding hydrogens is 256 g/mol. The van der Waals surface area contributed by atoms with Crippen LogP contribution in [0.4, 0.5) is 5.69 Å². The van der Waals surface area contributed by atoms with E-state index in [0.29, 0.717) is 17.5 Å². The van der Waals surface area contributed by atoms with Crippen LogP contribution in [-0.4, -0.2) is 11.6 Å². The molecule has 1 aromatic heterocycles. The molecule has 0 aliphatic heterocycles. The van der Waals surface area contributed by atoms with Crippen molar-refractivity contribution in [2.24, 2.45) is 5.92 Å². The van der Waals surface area contributed by atoms with Gasteiger partial charge < -0.3 is 10.5 Å². The maximum absolute atomic E-state index is 5.89. The number of ether oxygens (including phenoxy) is 1. The zero-order chi connectivity index (χ0) is 13.1. The highest BCUT2D eigenvalue weighted by Gasteiger charge is 2.22. The van der Waals surface area contributed by atoms with Gasteiger partial charge in [0.1, 0.15) is 5.03 Å². The lowest BCUT2D eigenvalue weighted by Crippen LogP contribution is -2.04. The van der Waals surface area contributed by atoms with Crippen molar-refractivity contribution in [2.75, 3.05) is 12.3 Å².